The van der Waals surface area contributed by atoms with Crippen molar-refractivity contribution in [1.82, 2.24) is 10.3 Å². The first-order valence-electron chi connectivity index (χ1n) is 11.3. The molecule has 1 amide bonds. The monoisotopic (exact) mass is 482 g/mol. The SMILES string of the molecule is O=C(NCC1CCCCCC1)c1cccnc1CCCS(=O)(=O)c1cccc(C(F)(F)F)c1. The van der Waals surface area contributed by atoms with Gasteiger partial charge < -0.3 is 5.32 Å². The molecule has 1 aliphatic carbocycles. The quantitative estimate of drug-likeness (QED) is 0.524. The van der Waals surface area contributed by atoms with Crippen molar-refractivity contribution < 1.29 is 26.4 Å². The highest BCUT2D eigenvalue weighted by Gasteiger charge is 2.31. The van der Waals surface area contributed by atoms with Crippen LogP contribution in [0.2, 0.25) is 0 Å². The van der Waals surface area contributed by atoms with Crippen LogP contribution in [-0.4, -0.2) is 31.6 Å². The number of carbonyl (C=O) groups is 1. The molecular formula is C24H29F3N2O3S. The average molecular weight is 483 g/mol. The largest absolute Gasteiger partial charge is 0.416 e. The van der Waals surface area contributed by atoms with Gasteiger partial charge in [0, 0.05) is 12.7 Å². The first-order valence-corrected chi connectivity index (χ1v) is 12.9. The van der Waals surface area contributed by atoms with E-state index in [1.54, 1.807) is 18.3 Å². The maximum absolute atomic E-state index is 12.9. The van der Waals surface area contributed by atoms with Crippen molar-refractivity contribution in [2.24, 2.45) is 5.92 Å². The molecule has 0 spiro atoms. The van der Waals surface area contributed by atoms with E-state index in [4.69, 9.17) is 0 Å². The molecule has 1 aliphatic rings. The molecule has 1 heterocycles. The lowest BCUT2D eigenvalue weighted by molar-refractivity contribution is -0.137. The lowest BCUT2D eigenvalue weighted by atomic mass is 10.00. The van der Waals surface area contributed by atoms with Crippen molar-refractivity contribution >= 4 is 15.7 Å². The Morgan fingerprint density at radius 3 is 2.48 bits per heavy atom. The molecule has 1 fully saturated rings. The van der Waals surface area contributed by atoms with Crippen molar-refractivity contribution in [3.8, 4) is 0 Å². The smallest absolute Gasteiger partial charge is 0.352 e. The van der Waals surface area contributed by atoms with Crippen molar-refractivity contribution in [2.45, 2.75) is 62.4 Å². The Morgan fingerprint density at radius 1 is 1.06 bits per heavy atom. The number of hydrogen-bond acceptors (Lipinski definition) is 4. The predicted molar refractivity (Wildman–Crippen MR) is 120 cm³/mol. The highest BCUT2D eigenvalue weighted by Crippen LogP contribution is 2.31. The Hall–Kier alpha value is -2.42. The van der Waals surface area contributed by atoms with Crippen LogP contribution in [0.1, 0.15) is 66.6 Å². The van der Waals surface area contributed by atoms with Gasteiger partial charge in [-0.15, -0.1) is 0 Å². The molecule has 1 saturated carbocycles. The summed E-state index contributed by atoms with van der Waals surface area (Å²) in [4.78, 5) is 16.6. The highest BCUT2D eigenvalue weighted by molar-refractivity contribution is 7.91. The Labute approximate surface area is 192 Å². The number of alkyl halides is 3. The van der Waals surface area contributed by atoms with E-state index >= 15 is 0 Å². The molecule has 180 valence electrons. The van der Waals surface area contributed by atoms with Crippen LogP contribution in [-0.2, 0) is 22.4 Å². The number of amides is 1. The molecule has 2 aromatic rings. The van der Waals surface area contributed by atoms with Crippen LogP contribution >= 0.6 is 0 Å². The van der Waals surface area contributed by atoms with Crippen LogP contribution in [0.15, 0.2) is 47.5 Å². The number of halogens is 3. The van der Waals surface area contributed by atoms with Crippen molar-refractivity contribution in [3.63, 3.8) is 0 Å². The molecule has 5 nitrogen and oxygen atoms in total. The van der Waals surface area contributed by atoms with Gasteiger partial charge >= 0.3 is 6.18 Å². The van der Waals surface area contributed by atoms with Gasteiger partial charge in [0.05, 0.1) is 27.5 Å². The molecule has 0 unspecified atom stereocenters. The summed E-state index contributed by atoms with van der Waals surface area (Å²) in [6.07, 6.45) is 4.33. The molecule has 1 N–H and O–H groups in total. The second kappa shape index (κ2) is 11.1. The Bertz CT molecular complexity index is 1050. The van der Waals surface area contributed by atoms with E-state index < -0.39 is 21.6 Å². The number of aromatic nitrogens is 1. The molecule has 33 heavy (non-hydrogen) atoms. The second-order valence-electron chi connectivity index (χ2n) is 8.51. The van der Waals surface area contributed by atoms with Crippen LogP contribution in [0.25, 0.3) is 0 Å². The second-order valence-corrected chi connectivity index (χ2v) is 10.6. The van der Waals surface area contributed by atoms with Gasteiger partial charge in [-0.25, -0.2) is 8.42 Å². The number of nitrogens with zero attached hydrogens (tertiary/aromatic N) is 1. The number of hydrogen-bond donors (Lipinski definition) is 1. The highest BCUT2D eigenvalue weighted by atomic mass is 32.2. The van der Waals surface area contributed by atoms with E-state index in [1.165, 1.54) is 25.7 Å². The van der Waals surface area contributed by atoms with Gasteiger partial charge in [-0.05, 0) is 61.9 Å². The summed E-state index contributed by atoms with van der Waals surface area (Å²) in [5.41, 5.74) is -0.112. The standard InChI is InChI=1S/C24H29F3N2O3S/c25-24(26,27)19-10-5-11-20(16-19)33(31,32)15-7-13-22-21(12-6-14-28-22)23(30)29-17-18-8-3-1-2-4-9-18/h5-6,10-12,14,16,18H,1-4,7-9,13,15,17H2,(H,29,30). The number of aryl methyl sites for hydroxylation is 1. The molecule has 1 aromatic carbocycles. The minimum atomic E-state index is -4.61. The van der Waals surface area contributed by atoms with Gasteiger partial charge in [0.15, 0.2) is 9.84 Å². The third kappa shape index (κ3) is 7.28. The van der Waals surface area contributed by atoms with Gasteiger partial charge in [-0.1, -0.05) is 31.7 Å². The molecule has 9 heteroatoms. The number of benzene rings is 1. The fraction of sp³-hybridized carbons (Fsp3) is 0.500. The van der Waals surface area contributed by atoms with Gasteiger partial charge in [-0.2, -0.15) is 13.2 Å². The number of nitrogens with one attached hydrogen (secondary N) is 1. The molecule has 0 bridgehead atoms. The Kier molecular flexibility index (Phi) is 8.51. The first kappa shape index (κ1) is 25.2. The third-order valence-corrected chi connectivity index (χ3v) is 7.81. The van der Waals surface area contributed by atoms with Gasteiger partial charge in [0.25, 0.3) is 5.91 Å². The predicted octanol–water partition coefficient (Wildman–Crippen LogP) is 5.21. The van der Waals surface area contributed by atoms with Crippen LogP contribution in [0, 0.1) is 5.92 Å². The fourth-order valence-electron chi connectivity index (χ4n) is 4.16. The summed E-state index contributed by atoms with van der Waals surface area (Å²) in [6.45, 7) is 0.608. The minimum absolute atomic E-state index is 0.137. The zero-order chi connectivity index (χ0) is 23.9. The number of sulfone groups is 1. The molecule has 1 aromatic heterocycles. The normalized spacial score (nSPS) is 15.7. The molecule has 3 rings (SSSR count). The molecule has 0 saturated heterocycles. The Balaban J connectivity index is 1.60. The maximum atomic E-state index is 12.9. The van der Waals surface area contributed by atoms with E-state index in [-0.39, 0.29) is 29.4 Å². The van der Waals surface area contributed by atoms with Crippen LogP contribution in [0.5, 0.6) is 0 Å². The summed E-state index contributed by atoms with van der Waals surface area (Å²) >= 11 is 0. The lowest BCUT2D eigenvalue weighted by Crippen LogP contribution is -2.30. The zero-order valence-electron chi connectivity index (χ0n) is 18.4. The average Bonchev–Trinajstić information content (AvgIpc) is 3.06. The van der Waals surface area contributed by atoms with Crippen LogP contribution in [0.3, 0.4) is 0 Å². The van der Waals surface area contributed by atoms with E-state index in [0.717, 1.165) is 31.0 Å². The van der Waals surface area contributed by atoms with Gasteiger partial charge in [-0.3, -0.25) is 9.78 Å². The van der Waals surface area contributed by atoms with Crippen molar-refractivity contribution in [3.05, 3.63) is 59.4 Å². The Morgan fingerprint density at radius 2 is 1.79 bits per heavy atom. The first-order chi connectivity index (χ1) is 15.7. The summed E-state index contributed by atoms with van der Waals surface area (Å²) in [5.74, 6) is -0.106. The zero-order valence-corrected chi connectivity index (χ0v) is 19.2. The van der Waals surface area contributed by atoms with Crippen molar-refractivity contribution in [1.29, 1.82) is 0 Å². The molecular weight excluding hydrogens is 453 g/mol. The molecule has 0 radical (unpaired) electrons. The lowest BCUT2D eigenvalue weighted by Gasteiger charge is -2.15. The molecule has 0 aliphatic heterocycles. The third-order valence-electron chi connectivity index (χ3n) is 6.01. The number of pyridine rings is 1. The van der Waals surface area contributed by atoms with E-state index in [9.17, 15) is 26.4 Å². The van der Waals surface area contributed by atoms with Crippen LogP contribution in [0.4, 0.5) is 13.2 Å². The topological polar surface area (TPSA) is 76.1 Å². The summed E-state index contributed by atoms with van der Waals surface area (Å²) < 4.78 is 63.8. The minimum Gasteiger partial charge on any atom is -0.352 e. The fourth-order valence-corrected chi connectivity index (χ4v) is 5.51. The van der Waals surface area contributed by atoms with E-state index in [2.05, 4.69) is 10.3 Å². The maximum Gasteiger partial charge on any atom is 0.416 e. The van der Waals surface area contributed by atoms with E-state index in [0.29, 0.717) is 29.8 Å². The number of rotatable bonds is 8. The number of carbonyl (C=O) groups excluding carboxylic acids is 1. The van der Waals surface area contributed by atoms with Crippen molar-refractivity contribution in [2.75, 3.05) is 12.3 Å². The van der Waals surface area contributed by atoms with Crippen LogP contribution < -0.4 is 5.32 Å². The molecule has 0 atom stereocenters. The van der Waals surface area contributed by atoms with E-state index in [1.807, 2.05) is 0 Å². The summed E-state index contributed by atoms with van der Waals surface area (Å²) in [7, 11) is -3.90. The summed E-state index contributed by atoms with van der Waals surface area (Å²) in [5, 5.41) is 2.99. The van der Waals surface area contributed by atoms with Gasteiger partial charge in [0.2, 0.25) is 0 Å². The summed E-state index contributed by atoms with van der Waals surface area (Å²) in [6, 6.07) is 7.06. The van der Waals surface area contributed by atoms with Gasteiger partial charge in [0.1, 0.15) is 0 Å².